The summed E-state index contributed by atoms with van der Waals surface area (Å²) in [5, 5.41) is 4.11. The standard InChI is InChI=1S/C20H23N3O/c1-23(2)14-16-9-7-15(8-10-16)12-22-20(24)11-17-13-21-19-6-4-3-5-18(17)19/h3-10,13,21H,11-12,14H2,1-2H3,(H,22,24). The third-order valence-electron chi connectivity index (χ3n) is 4.04. The molecule has 0 radical (unpaired) electrons. The first-order chi connectivity index (χ1) is 11.6. The van der Waals surface area contributed by atoms with E-state index in [1.54, 1.807) is 0 Å². The molecule has 0 aliphatic heterocycles. The second-order valence-electron chi connectivity index (χ2n) is 6.37. The van der Waals surface area contributed by atoms with Crippen molar-refractivity contribution in [1.82, 2.24) is 15.2 Å². The van der Waals surface area contributed by atoms with Crippen molar-refractivity contribution in [2.45, 2.75) is 19.5 Å². The lowest BCUT2D eigenvalue weighted by Crippen LogP contribution is -2.24. The fourth-order valence-electron chi connectivity index (χ4n) is 2.84. The largest absolute Gasteiger partial charge is 0.361 e. The van der Waals surface area contributed by atoms with Crippen LogP contribution < -0.4 is 5.32 Å². The van der Waals surface area contributed by atoms with Gasteiger partial charge in [0, 0.05) is 30.2 Å². The monoisotopic (exact) mass is 321 g/mol. The first-order valence-corrected chi connectivity index (χ1v) is 8.16. The van der Waals surface area contributed by atoms with Gasteiger partial charge in [0.05, 0.1) is 6.42 Å². The van der Waals surface area contributed by atoms with Gasteiger partial charge in [-0.15, -0.1) is 0 Å². The molecule has 1 amide bonds. The average Bonchev–Trinajstić information content (AvgIpc) is 2.97. The van der Waals surface area contributed by atoms with Crippen LogP contribution in [0.3, 0.4) is 0 Å². The van der Waals surface area contributed by atoms with Crippen LogP contribution in [0.1, 0.15) is 16.7 Å². The first kappa shape index (κ1) is 16.3. The summed E-state index contributed by atoms with van der Waals surface area (Å²) in [6.45, 7) is 1.48. The number of nitrogens with one attached hydrogen (secondary N) is 2. The molecule has 2 N–H and O–H groups in total. The van der Waals surface area contributed by atoms with E-state index < -0.39 is 0 Å². The highest BCUT2D eigenvalue weighted by molar-refractivity contribution is 5.88. The van der Waals surface area contributed by atoms with Gasteiger partial charge in [-0.05, 0) is 36.9 Å². The highest BCUT2D eigenvalue weighted by atomic mass is 16.1. The van der Waals surface area contributed by atoms with E-state index in [-0.39, 0.29) is 5.91 Å². The Kier molecular flexibility index (Phi) is 4.96. The maximum Gasteiger partial charge on any atom is 0.224 e. The molecule has 0 unspecified atom stereocenters. The Morgan fingerprint density at radius 1 is 1.04 bits per heavy atom. The van der Waals surface area contributed by atoms with Crippen LogP contribution in [0.5, 0.6) is 0 Å². The maximum absolute atomic E-state index is 12.2. The fraction of sp³-hybridized carbons (Fsp3) is 0.250. The second kappa shape index (κ2) is 7.32. The van der Waals surface area contributed by atoms with Crippen LogP contribution in [0.2, 0.25) is 0 Å². The van der Waals surface area contributed by atoms with Gasteiger partial charge < -0.3 is 15.2 Å². The van der Waals surface area contributed by atoms with Crippen LogP contribution in [0, 0.1) is 0 Å². The van der Waals surface area contributed by atoms with Gasteiger partial charge in [-0.2, -0.15) is 0 Å². The number of aromatic amines is 1. The Labute approximate surface area is 142 Å². The Hall–Kier alpha value is -2.59. The van der Waals surface area contributed by atoms with Crippen molar-refractivity contribution in [3.05, 3.63) is 71.4 Å². The molecule has 3 aromatic rings. The van der Waals surface area contributed by atoms with E-state index >= 15 is 0 Å². The molecule has 0 fully saturated rings. The molecule has 0 aliphatic rings. The number of amides is 1. The lowest BCUT2D eigenvalue weighted by molar-refractivity contribution is -0.120. The van der Waals surface area contributed by atoms with Crippen LogP contribution in [0.15, 0.2) is 54.7 Å². The average molecular weight is 321 g/mol. The van der Waals surface area contributed by atoms with Gasteiger partial charge in [0.2, 0.25) is 5.91 Å². The highest BCUT2D eigenvalue weighted by Gasteiger charge is 2.08. The number of carbonyl (C=O) groups excluding carboxylic acids is 1. The van der Waals surface area contributed by atoms with Crippen LogP contribution >= 0.6 is 0 Å². The lowest BCUT2D eigenvalue weighted by Gasteiger charge is -2.10. The third-order valence-corrected chi connectivity index (χ3v) is 4.04. The van der Waals surface area contributed by atoms with E-state index in [2.05, 4.69) is 53.6 Å². The third kappa shape index (κ3) is 4.03. The number of hydrogen-bond acceptors (Lipinski definition) is 2. The van der Waals surface area contributed by atoms with Crippen molar-refractivity contribution in [1.29, 1.82) is 0 Å². The zero-order valence-corrected chi connectivity index (χ0v) is 14.2. The minimum atomic E-state index is 0.0390. The van der Waals surface area contributed by atoms with Crippen molar-refractivity contribution < 1.29 is 4.79 Å². The van der Waals surface area contributed by atoms with Crippen LogP contribution in [0.4, 0.5) is 0 Å². The number of hydrogen-bond donors (Lipinski definition) is 2. The summed E-state index contributed by atoms with van der Waals surface area (Å²) in [6, 6.07) is 16.4. The van der Waals surface area contributed by atoms with Crippen LogP contribution in [-0.2, 0) is 24.3 Å². The number of para-hydroxylation sites is 1. The number of aromatic nitrogens is 1. The highest BCUT2D eigenvalue weighted by Crippen LogP contribution is 2.18. The topological polar surface area (TPSA) is 48.1 Å². The zero-order valence-electron chi connectivity index (χ0n) is 14.2. The SMILES string of the molecule is CN(C)Cc1ccc(CNC(=O)Cc2c[nH]c3ccccc23)cc1. The molecule has 0 bridgehead atoms. The van der Waals surface area contributed by atoms with E-state index in [0.717, 1.165) is 28.6 Å². The van der Waals surface area contributed by atoms with Gasteiger partial charge >= 0.3 is 0 Å². The molecule has 1 heterocycles. The molecular formula is C20H23N3O. The van der Waals surface area contributed by atoms with Crippen LogP contribution in [-0.4, -0.2) is 29.9 Å². The van der Waals surface area contributed by atoms with Gasteiger partial charge in [-0.3, -0.25) is 4.79 Å². The zero-order chi connectivity index (χ0) is 16.9. The number of nitrogens with zero attached hydrogens (tertiary/aromatic N) is 1. The summed E-state index contributed by atoms with van der Waals surface area (Å²) >= 11 is 0. The van der Waals surface area contributed by atoms with Gasteiger partial charge in [-0.1, -0.05) is 42.5 Å². The van der Waals surface area contributed by atoms with E-state index in [1.165, 1.54) is 5.56 Å². The van der Waals surface area contributed by atoms with Crippen molar-refractivity contribution in [2.24, 2.45) is 0 Å². The van der Waals surface area contributed by atoms with E-state index in [4.69, 9.17) is 0 Å². The molecule has 4 nitrogen and oxygen atoms in total. The van der Waals surface area contributed by atoms with Crippen molar-refractivity contribution in [3.63, 3.8) is 0 Å². The second-order valence-corrected chi connectivity index (χ2v) is 6.37. The van der Waals surface area contributed by atoms with E-state index in [9.17, 15) is 4.79 Å². The summed E-state index contributed by atoms with van der Waals surface area (Å²) < 4.78 is 0. The molecule has 0 aliphatic carbocycles. The summed E-state index contributed by atoms with van der Waals surface area (Å²) in [5.74, 6) is 0.0390. The smallest absolute Gasteiger partial charge is 0.224 e. The molecule has 124 valence electrons. The molecule has 1 aromatic heterocycles. The Bertz CT molecular complexity index is 818. The number of rotatable bonds is 6. The molecule has 2 aromatic carbocycles. The van der Waals surface area contributed by atoms with Crippen molar-refractivity contribution in [2.75, 3.05) is 14.1 Å². The van der Waals surface area contributed by atoms with Crippen molar-refractivity contribution >= 4 is 16.8 Å². The molecule has 0 saturated carbocycles. The molecule has 24 heavy (non-hydrogen) atoms. The number of carbonyl (C=O) groups is 1. The molecular weight excluding hydrogens is 298 g/mol. The molecule has 0 saturated heterocycles. The van der Waals surface area contributed by atoms with Crippen LogP contribution in [0.25, 0.3) is 10.9 Å². The number of benzene rings is 2. The Balaban J connectivity index is 1.55. The van der Waals surface area contributed by atoms with Gasteiger partial charge in [0.1, 0.15) is 0 Å². The number of fused-ring (bicyclic) bond motifs is 1. The molecule has 4 heteroatoms. The predicted octanol–water partition coefficient (Wildman–Crippen LogP) is 3.09. The molecule has 0 spiro atoms. The predicted molar refractivity (Wildman–Crippen MR) is 97.7 cm³/mol. The Morgan fingerprint density at radius 2 is 1.75 bits per heavy atom. The van der Waals surface area contributed by atoms with Gasteiger partial charge in [0.25, 0.3) is 0 Å². The first-order valence-electron chi connectivity index (χ1n) is 8.16. The van der Waals surface area contributed by atoms with Crippen molar-refractivity contribution in [3.8, 4) is 0 Å². The minimum Gasteiger partial charge on any atom is -0.361 e. The van der Waals surface area contributed by atoms with E-state index in [1.807, 2.05) is 30.5 Å². The normalized spacial score (nSPS) is 11.1. The molecule has 3 rings (SSSR count). The summed E-state index contributed by atoms with van der Waals surface area (Å²) in [5.41, 5.74) is 4.49. The fourth-order valence-corrected chi connectivity index (χ4v) is 2.84. The summed E-state index contributed by atoms with van der Waals surface area (Å²) in [7, 11) is 4.11. The van der Waals surface area contributed by atoms with E-state index in [0.29, 0.717) is 13.0 Å². The van der Waals surface area contributed by atoms with Gasteiger partial charge in [0.15, 0.2) is 0 Å². The van der Waals surface area contributed by atoms with Gasteiger partial charge in [-0.25, -0.2) is 0 Å². The Morgan fingerprint density at radius 3 is 2.50 bits per heavy atom. The quantitative estimate of drug-likeness (QED) is 0.733. The maximum atomic E-state index is 12.2. The minimum absolute atomic E-state index is 0.0390. The summed E-state index contributed by atoms with van der Waals surface area (Å²) in [6.07, 6.45) is 2.31. The molecule has 0 atom stereocenters. The summed E-state index contributed by atoms with van der Waals surface area (Å²) in [4.78, 5) is 17.6. The number of H-pyrrole nitrogens is 1. The lowest BCUT2D eigenvalue weighted by atomic mass is 10.1.